The highest BCUT2D eigenvalue weighted by atomic mass is 16.3. The van der Waals surface area contributed by atoms with Gasteiger partial charge in [0.25, 0.3) is 0 Å². The maximum atomic E-state index is 9.88. The Balaban J connectivity index is 1.70. The lowest BCUT2D eigenvalue weighted by Crippen LogP contribution is -2.35. The van der Waals surface area contributed by atoms with Crippen LogP contribution in [0.15, 0.2) is 0 Å². The van der Waals surface area contributed by atoms with E-state index in [1.807, 2.05) is 0 Å². The molecule has 2 saturated carbocycles. The molecule has 0 aromatic carbocycles. The number of aliphatic hydroxyl groups is 1. The van der Waals surface area contributed by atoms with Crippen molar-refractivity contribution in [3.8, 4) is 0 Å². The molecular formula is C12H23NO. The average Bonchev–Trinajstić information content (AvgIpc) is 3.00. The molecule has 14 heavy (non-hydrogen) atoms. The Morgan fingerprint density at radius 2 is 2.00 bits per heavy atom. The zero-order valence-corrected chi connectivity index (χ0v) is 9.28. The number of nitrogens with zero attached hydrogens (tertiary/aromatic N) is 1. The molecule has 0 saturated heterocycles. The summed E-state index contributed by atoms with van der Waals surface area (Å²) in [7, 11) is 0. The van der Waals surface area contributed by atoms with E-state index in [1.54, 1.807) is 0 Å². The predicted octanol–water partition coefficient (Wildman–Crippen LogP) is 1.88. The van der Waals surface area contributed by atoms with Crippen molar-refractivity contribution in [2.24, 2.45) is 11.8 Å². The Hall–Kier alpha value is -0.0800. The van der Waals surface area contributed by atoms with Gasteiger partial charge in [0.2, 0.25) is 0 Å². The van der Waals surface area contributed by atoms with E-state index in [-0.39, 0.29) is 6.10 Å². The lowest BCUT2D eigenvalue weighted by atomic mass is 10.2. The third kappa shape index (κ3) is 3.25. The zero-order valence-electron chi connectivity index (χ0n) is 9.28. The van der Waals surface area contributed by atoms with Crippen molar-refractivity contribution in [2.45, 2.75) is 45.1 Å². The first-order chi connectivity index (χ1) is 6.79. The van der Waals surface area contributed by atoms with E-state index in [4.69, 9.17) is 0 Å². The number of aliphatic hydroxyl groups excluding tert-OH is 1. The lowest BCUT2D eigenvalue weighted by Gasteiger charge is -2.24. The van der Waals surface area contributed by atoms with Crippen LogP contribution in [0.25, 0.3) is 0 Å². The smallest absolute Gasteiger partial charge is 0.0695 e. The summed E-state index contributed by atoms with van der Waals surface area (Å²) in [5.41, 5.74) is 0. The van der Waals surface area contributed by atoms with Crippen LogP contribution in [0.5, 0.6) is 0 Å². The summed E-state index contributed by atoms with van der Waals surface area (Å²) in [4.78, 5) is 2.47. The second-order valence-corrected chi connectivity index (χ2v) is 5.11. The molecule has 1 atom stereocenters. The summed E-state index contributed by atoms with van der Waals surface area (Å²) in [5.74, 6) is 1.58. The highest BCUT2D eigenvalue weighted by Gasteiger charge is 2.32. The van der Waals surface area contributed by atoms with Crippen molar-refractivity contribution in [1.82, 2.24) is 4.90 Å². The minimum absolute atomic E-state index is 0.0414. The van der Waals surface area contributed by atoms with Crippen molar-refractivity contribution >= 4 is 0 Å². The predicted molar refractivity (Wildman–Crippen MR) is 58.2 cm³/mol. The maximum absolute atomic E-state index is 9.88. The quantitative estimate of drug-likeness (QED) is 0.673. The second-order valence-electron chi connectivity index (χ2n) is 5.11. The molecule has 2 nitrogen and oxygen atoms in total. The van der Waals surface area contributed by atoms with Gasteiger partial charge in [-0.25, -0.2) is 0 Å². The molecule has 0 aromatic rings. The van der Waals surface area contributed by atoms with Gasteiger partial charge in [-0.05, 0) is 50.5 Å². The summed E-state index contributed by atoms with van der Waals surface area (Å²) in [5, 5.41) is 9.88. The van der Waals surface area contributed by atoms with Crippen molar-refractivity contribution in [1.29, 1.82) is 0 Å². The van der Waals surface area contributed by atoms with Crippen LogP contribution in [0, 0.1) is 11.8 Å². The fourth-order valence-electron chi connectivity index (χ4n) is 2.13. The largest absolute Gasteiger partial charge is 0.392 e. The van der Waals surface area contributed by atoms with Gasteiger partial charge in [0.05, 0.1) is 6.10 Å². The SMILES string of the molecule is CCCN(CC1CC1)CC(O)C1CC1. The first-order valence-corrected chi connectivity index (χ1v) is 6.20. The van der Waals surface area contributed by atoms with E-state index in [0.29, 0.717) is 5.92 Å². The van der Waals surface area contributed by atoms with Gasteiger partial charge < -0.3 is 10.0 Å². The molecule has 0 aromatic heterocycles. The van der Waals surface area contributed by atoms with Gasteiger partial charge in [-0.15, -0.1) is 0 Å². The van der Waals surface area contributed by atoms with Gasteiger partial charge in [0.1, 0.15) is 0 Å². The molecule has 2 aliphatic carbocycles. The van der Waals surface area contributed by atoms with Gasteiger partial charge in [-0.2, -0.15) is 0 Å². The van der Waals surface area contributed by atoms with E-state index in [1.165, 1.54) is 45.2 Å². The van der Waals surface area contributed by atoms with Crippen molar-refractivity contribution < 1.29 is 5.11 Å². The normalized spacial score (nSPS) is 24.2. The van der Waals surface area contributed by atoms with Crippen LogP contribution >= 0.6 is 0 Å². The third-order valence-electron chi connectivity index (χ3n) is 3.36. The van der Waals surface area contributed by atoms with Crippen LogP contribution in [-0.4, -0.2) is 35.7 Å². The summed E-state index contributed by atoms with van der Waals surface area (Å²) < 4.78 is 0. The molecule has 0 amide bonds. The minimum atomic E-state index is -0.0414. The van der Waals surface area contributed by atoms with Gasteiger partial charge in [0.15, 0.2) is 0 Å². The molecule has 2 aliphatic rings. The van der Waals surface area contributed by atoms with Crippen molar-refractivity contribution in [3.05, 3.63) is 0 Å². The van der Waals surface area contributed by atoms with Crippen LogP contribution in [0.4, 0.5) is 0 Å². The molecule has 0 spiro atoms. The minimum Gasteiger partial charge on any atom is -0.392 e. The molecule has 2 fully saturated rings. The number of hydrogen-bond acceptors (Lipinski definition) is 2. The molecule has 2 heteroatoms. The highest BCUT2D eigenvalue weighted by molar-refractivity contribution is 4.84. The van der Waals surface area contributed by atoms with Gasteiger partial charge in [0, 0.05) is 13.1 Å². The first kappa shape index (κ1) is 10.4. The molecule has 0 heterocycles. The molecule has 0 bridgehead atoms. The fourth-order valence-corrected chi connectivity index (χ4v) is 2.13. The van der Waals surface area contributed by atoms with Gasteiger partial charge in [-0.1, -0.05) is 6.92 Å². The van der Waals surface area contributed by atoms with E-state index < -0.39 is 0 Å². The molecule has 1 unspecified atom stereocenters. The Bertz CT molecular complexity index is 175. The van der Waals surface area contributed by atoms with Crippen LogP contribution in [-0.2, 0) is 0 Å². The lowest BCUT2D eigenvalue weighted by molar-refractivity contribution is 0.0927. The van der Waals surface area contributed by atoms with Crippen LogP contribution in [0.2, 0.25) is 0 Å². The summed E-state index contributed by atoms with van der Waals surface area (Å²) in [6.07, 6.45) is 6.51. The number of rotatable bonds is 7. The van der Waals surface area contributed by atoms with Crippen molar-refractivity contribution in [2.75, 3.05) is 19.6 Å². The molecule has 0 radical (unpaired) electrons. The maximum Gasteiger partial charge on any atom is 0.0695 e. The summed E-state index contributed by atoms with van der Waals surface area (Å²) in [6, 6.07) is 0. The number of hydrogen-bond donors (Lipinski definition) is 1. The van der Waals surface area contributed by atoms with E-state index >= 15 is 0 Å². The summed E-state index contributed by atoms with van der Waals surface area (Å²) >= 11 is 0. The monoisotopic (exact) mass is 197 g/mol. The van der Waals surface area contributed by atoms with Crippen LogP contribution in [0.1, 0.15) is 39.0 Å². The molecule has 0 aliphatic heterocycles. The third-order valence-corrected chi connectivity index (χ3v) is 3.36. The Morgan fingerprint density at radius 3 is 2.50 bits per heavy atom. The molecule has 2 rings (SSSR count). The van der Waals surface area contributed by atoms with Crippen molar-refractivity contribution in [3.63, 3.8) is 0 Å². The van der Waals surface area contributed by atoms with Gasteiger partial charge in [-0.3, -0.25) is 0 Å². The van der Waals surface area contributed by atoms with E-state index in [2.05, 4.69) is 11.8 Å². The van der Waals surface area contributed by atoms with Crippen LogP contribution in [0.3, 0.4) is 0 Å². The Morgan fingerprint density at radius 1 is 1.29 bits per heavy atom. The second kappa shape index (κ2) is 4.63. The molecule has 82 valence electrons. The Kier molecular flexibility index (Phi) is 3.45. The standard InChI is InChI=1S/C12H23NO/c1-2-7-13(8-10-3-4-10)9-12(14)11-5-6-11/h10-12,14H,2-9H2,1H3. The zero-order chi connectivity index (χ0) is 9.97. The molecular weight excluding hydrogens is 174 g/mol. The molecule has 1 N–H and O–H groups in total. The van der Waals surface area contributed by atoms with Gasteiger partial charge >= 0.3 is 0 Å². The first-order valence-electron chi connectivity index (χ1n) is 6.20. The fraction of sp³-hybridized carbons (Fsp3) is 1.00. The van der Waals surface area contributed by atoms with Crippen LogP contribution < -0.4 is 0 Å². The highest BCUT2D eigenvalue weighted by Crippen LogP contribution is 2.34. The average molecular weight is 197 g/mol. The van der Waals surface area contributed by atoms with E-state index in [9.17, 15) is 5.11 Å². The topological polar surface area (TPSA) is 23.5 Å². The summed E-state index contributed by atoms with van der Waals surface area (Å²) in [6.45, 7) is 5.55. The Labute approximate surface area is 87.3 Å². The van der Waals surface area contributed by atoms with E-state index in [0.717, 1.165) is 12.5 Å².